The molecule has 0 heterocycles. The van der Waals surface area contributed by atoms with Crippen LogP contribution in [0.5, 0.6) is 17.2 Å². The first kappa shape index (κ1) is 29.0. The number of aryl methyl sites for hydroxylation is 1. The first-order valence-corrected chi connectivity index (χ1v) is 13.0. The first-order chi connectivity index (χ1) is 18.7. The molecule has 0 spiro atoms. The number of nitrogens with zero attached hydrogens (tertiary/aromatic N) is 2. The Kier molecular flexibility index (Phi) is 9.87. The minimum absolute atomic E-state index is 0.00181. The summed E-state index contributed by atoms with van der Waals surface area (Å²) in [5, 5.41) is 3.93. The van der Waals surface area contributed by atoms with Crippen molar-refractivity contribution >= 4 is 33.8 Å². The van der Waals surface area contributed by atoms with Gasteiger partial charge in [0.2, 0.25) is 0 Å². The number of anilines is 1. The molecule has 0 bridgehead atoms. The van der Waals surface area contributed by atoms with E-state index >= 15 is 0 Å². The zero-order chi connectivity index (χ0) is 28.4. The molecular weight excluding hydrogens is 526 g/mol. The molecule has 0 saturated carbocycles. The van der Waals surface area contributed by atoms with Crippen LogP contribution in [0.3, 0.4) is 0 Å². The van der Waals surface area contributed by atoms with Gasteiger partial charge in [0.05, 0.1) is 38.1 Å². The number of methoxy groups -OCH3 is 3. The number of amides is 1. The van der Waals surface area contributed by atoms with Gasteiger partial charge >= 0.3 is 5.97 Å². The highest BCUT2D eigenvalue weighted by atomic mass is 32.2. The molecule has 0 saturated heterocycles. The summed E-state index contributed by atoms with van der Waals surface area (Å²) in [5.74, 6) is -0.227. The lowest BCUT2D eigenvalue weighted by atomic mass is 10.2. The highest BCUT2D eigenvalue weighted by Gasteiger charge is 2.30. The van der Waals surface area contributed by atoms with Crippen molar-refractivity contribution in [3.05, 3.63) is 77.9 Å². The number of rotatable bonds is 12. The Hall–Kier alpha value is -4.58. The number of hydrazone groups is 1. The lowest BCUT2D eigenvalue weighted by Crippen LogP contribution is -2.39. The fraction of sp³-hybridized carbons (Fsp3) is 0.222. The molecule has 39 heavy (non-hydrogen) atoms. The molecule has 0 radical (unpaired) electrons. The third kappa shape index (κ3) is 7.71. The van der Waals surface area contributed by atoms with Gasteiger partial charge in [-0.15, -0.1) is 0 Å². The number of carbonyl (C=O) groups is 2. The second-order valence-corrected chi connectivity index (χ2v) is 9.96. The van der Waals surface area contributed by atoms with Crippen LogP contribution in [0.1, 0.15) is 11.1 Å². The summed E-state index contributed by atoms with van der Waals surface area (Å²) in [7, 11) is -0.0884. The summed E-state index contributed by atoms with van der Waals surface area (Å²) in [6.07, 6.45) is 1.36. The molecule has 0 atom stereocenters. The quantitative estimate of drug-likeness (QED) is 0.205. The molecule has 3 aromatic rings. The maximum absolute atomic E-state index is 13.7. The van der Waals surface area contributed by atoms with Crippen molar-refractivity contribution in [2.75, 3.05) is 38.8 Å². The molecule has 0 aliphatic heterocycles. The van der Waals surface area contributed by atoms with Crippen molar-refractivity contribution in [2.45, 2.75) is 11.8 Å². The Balaban J connectivity index is 1.84. The average molecular weight is 556 g/mol. The zero-order valence-corrected chi connectivity index (χ0v) is 22.7. The number of nitrogens with one attached hydrogen (secondary N) is 1. The lowest BCUT2D eigenvalue weighted by Gasteiger charge is -2.25. The Morgan fingerprint density at radius 2 is 1.69 bits per heavy atom. The van der Waals surface area contributed by atoms with Crippen LogP contribution in [-0.4, -0.2) is 61.0 Å². The second kappa shape index (κ2) is 13.3. The monoisotopic (exact) mass is 555 g/mol. The Morgan fingerprint density at radius 1 is 0.949 bits per heavy atom. The molecule has 3 aromatic carbocycles. The average Bonchev–Trinajstić information content (AvgIpc) is 2.94. The number of sulfonamides is 1. The first-order valence-electron chi connectivity index (χ1n) is 11.6. The van der Waals surface area contributed by atoms with Gasteiger partial charge in [0.15, 0.2) is 6.61 Å². The van der Waals surface area contributed by atoms with E-state index in [-0.39, 0.29) is 22.9 Å². The van der Waals surface area contributed by atoms with E-state index in [9.17, 15) is 18.0 Å². The van der Waals surface area contributed by atoms with Gasteiger partial charge in [-0.05, 0) is 48.9 Å². The van der Waals surface area contributed by atoms with Crippen LogP contribution in [0.4, 0.5) is 5.69 Å². The van der Waals surface area contributed by atoms with Crippen molar-refractivity contribution in [1.29, 1.82) is 0 Å². The van der Waals surface area contributed by atoms with E-state index in [2.05, 4.69) is 15.3 Å². The van der Waals surface area contributed by atoms with E-state index in [1.807, 2.05) is 6.92 Å². The van der Waals surface area contributed by atoms with Gasteiger partial charge in [0.25, 0.3) is 15.9 Å². The van der Waals surface area contributed by atoms with Crippen LogP contribution in [0, 0.1) is 6.92 Å². The standard InChI is InChI=1S/C27H29N3O8S/c1-19-8-11-23(12-9-19)39(33,34)30(24-15-21(35-2)10-13-25(24)36-3)17-26(31)29-28-16-20-6-5-7-22(14-20)38-18-27(32)37-4/h5-16H,17-18H2,1-4H3,(H,29,31)/b28-16-. The highest BCUT2D eigenvalue weighted by Crippen LogP contribution is 2.35. The van der Waals surface area contributed by atoms with Gasteiger partial charge in [0.1, 0.15) is 23.8 Å². The fourth-order valence-electron chi connectivity index (χ4n) is 3.36. The molecule has 0 fully saturated rings. The van der Waals surface area contributed by atoms with E-state index in [0.29, 0.717) is 17.1 Å². The molecule has 1 amide bonds. The lowest BCUT2D eigenvalue weighted by molar-refractivity contribution is -0.142. The minimum Gasteiger partial charge on any atom is -0.497 e. The van der Waals surface area contributed by atoms with Crippen LogP contribution in [0.15, 0.2) is 76.7 Å². The predicted octanol–water partition coefficient (Wildman–Crippen LogP) is 2.91. The molecule has 206 valence electrons. The summed E-state index contributed by atoms with van der Waals surface area (Å²) in [4.78, 5) is 24.2. The third-order valence-electron chi connectivity index (χ3n) is 5.40. The van der Waals surface area contributed by atoms with E-state index in [1.165, 1.54) is 45.7 Å². The molecule has 12 heteroatoms. The van der Waals surface area contributed by atoms with Crippen molar-refractivity contribution in [1.82, 2.24) is 5.43 Å². The van der Waals surface area contributed by atoms with Gasteiger partial charge in [0, 0.05) is 6.07 Å². The van der Waals surface area contributed by atoms with E-state index in [4.69, 9.17) is 14.2 Å². The van der Waals surface area contributed by atoms with Crippen LogP contribution in [-0.2, 0) is 24.3 Å². The van der Waals surface area contributed by atoms with Crippen molar-refractivity contribution < 1.29 is 37.0 Å². The predicted molar refractivity (Wildman–Crippen MR) is 145 cm³/mol. The number of carbonyl (C=O) groups excluding carboxylic acids is 2. The molecule has 0 aliphatic rings. The summed E-state index contributed by atoms with van der Waals surface area (Å²) in [5.41, 5.74) is 3.91. The van der Waals surface area contributed by atoms with Gasteiger partial charge in [-0.3, -0.25) is 9.10 Å². The molecule has 0 aromatic heterocycles. The van der Waals surface area contributed by atoms with E-state index < -0.39 is 28.4 Å². The number of hydrogen-bond acceptors (Lipinski definition) is 9. The van der Waals surface area contributed by atoms with Crippen LogP contribution < -0.4 is 23.9 Å². The number of esters is 1. The van der Waals surface area contributed by atoms with E-state index in [0.717, 1.165) is 9.87 Å². The Bertz CT molecular complexity index is 1440. The van der Waals surface area contributed by atoms with Crippen molar-refractivity contribution in [3.63, 3.8) is 0 Å². The fourth-order valence-corrected chi connectivity index (χ4v) is 4.78. The minimum atomic E-state index is -4.19. The van der Waals surface area contributed by atoms with Crippen LogP contribution in [0.2, 0.25) is 0 Å². The molecule has 1 N–H and O–H groups in total. The maximum atomic E-state index is 13.7. The van der Waals surface area contributed by atoms with Gasteiger partial charge in [-0.2, -0.15) is 5.10 Å². The summed E-state index contributed by atoms with van der Waals surface area (Å²) < 4.78 is 48.8. The van der Waals surface area contributed by atoms with Crippen LogP contribution in [0.25, 0.3) is 0 Å². The molecule has 3 rings (SSSR count). The largest absolute Gasteiger partial charge is 0.497 e. The van der Waals surface area contributed by atoms with Crippen LogP contribution >= 0.6 is 0 Å². The Labute approximate surface area is 227 Å². The van der Waals surface area contributed by atoms with E-state index in [1.54, 1.807) is 48.5 Å². The zero-order valence-electron chi connectivity index (χ0n) is 21.9. The highest BCUT2D eigenvalue weighted by molar-refractivity contribution is 7.92. The van der Waals surface area contributed by atoms with Gasteiger partial charge in [-0.1, -0.05) is 29.8 Å². The SMILES string of the molecule is COC(=O)COc1cccc(/C=N\NC(=O)CN(c2cc(OC)ccc2OC)S(=O)(=O)c2ccc(C)cc2)c1. The normalized spacial score (nSPS) is 11.1. The van der Waals surface area contributed by atoms with Crippen molar-refractivity contribution in [3.8, 4) is 17.2 Å². The maximum Gasteiger partial charge on any atom is 0.343 e. The number of hydrogen-bond donors (Lipinski definition) is 1. The third-order valence-corrected chi connectivity index (χ3v) is 7.17. The van der Waals surface area contributed by atoms with Gasteiger partial charge in [-0.25, -0.2) is 18.6 Å². The van der Waals surface area contributed by atoms with Gasteiger partial charge < -0.3 is 18.9 Å². The Morgan fingerprint density at radius 3 is 2.36 bits per heavy atom. The molecular formula is C27H29N3O8S. The molecule has 11 nitrogen and oxygen atoms in total. The number of benzene rings is 3. The molecule has 0 aliphatic carbocycles. The summed E-state index contributed by atoms with van der Waals surface area (Å²) in [6.45, 7) is 0.984. The molecule has 0 unspecified atom stereocenters. The summed E-state index contributed by atoms with van der Waals surface area (Å²) in [6, 6.07) is 17.6. The second-order valence-electron chi connectivity index (χ2n) is 8.09. The topological polar surface area (TPSA) is 133 Å². The summed E-state index contributed by atoms with van der Waals surface area (Å²) >= 11 is 0. The smallest absolute Gasteiger partial charge is 0.343 e. The number of ether oxygens (including phenoxy) is 4. The van der Waals surface area contributed by atoms with Crippen molar-refractivity contribution in [2.24, 2.45) is 5.10 Å².